The molecular weight excluding hydrogens is 288 g/mol. The number of aryl methyl sites for hydroxylation is 2. The lowest BCUT2D eigenvalue weighted by atomic mass is 10.1. The first kappa shape index (κ1) is 15.8. The minimum absolute atomic E-state index is 0.155. The number of amides is 1. The molecule has 1 aromatic heterocycles. The molecule has 1 amide bonds. The Balaban J connectivity index is 1.78. The van der Waals surface area contributed by atoms with Crippen LogP contribution < -0.4 is 0 Å². The molecular formula is C19H24N2O2. The van der Waals surface area contributed by atoms with E-state index in [4.69, 9.17) is 4.52 Å². The first-order valence-electron chi connectivity index (χ1n) is 8.31. The molecule has 1 aliphatic carbocycles. The fourth-order valence-electron chi connectivity index (χ4n) is 3.08. The van der Waals surface area contributed by atoms with Gasteiger partial charge in [0, 0.05) is 18.2 Å². The van der Waals surface area contributed by atoms with Gasteiger partial charge < -0.3 is 9.42 Å². The molecule has 0 aliphatic heterocycles. The van der Waals surface area contributed by atoms with Gasteiger partial charge in [-0.05, 0) is 45.1 Å². The van der Waals surface area contributed by atoms with Crippen LogP contribution in [0.25, 0.3) is 0 Å². The summed E-state index contributed by atoms with van der Waals surface area (Å²) in [5, 5.41) is 3.96. The van der Waals surface area contributed by atoms with Gasteiger partial charge in [-0.2, -0.15) is 0 Å². The van der Waals surface area contributed by atoms with Crippen LogP contribution in [0.1, 0.15) is 42.3 Å². The molecule has 23 heavy (non-hydrogen) atoms. The first-order valence-corrected chi connectivity index (χ1v) is 8.31. The molecule has 0 N–H and O–H groups in total. The van der Waals surface area contributed by atoms with Gasteiger partial charge in [-0.15, -0.1) is 0 Å². The van der Waals surface area contributed by atoms with Crippen LogP contribution in [-0.2, 0) is 17.8 Å². The second-order valence-electron chi connectivity index (χ2n) is 6.56. The molecule has 122 valence electrons. The second kappa shape index (κ2) is 6.57. The minimum atomic E-state index is 0.155. The minimum Gasteiger partial charge on any atom is -0.361 e. The second-order valence-corrected chi connectivity index (χ2v) is 6.56. The van der Waals surface area contributed by atoms with E-state index >= 15 is 0 Å². The van der Waals surface area contributed by atoms with Crippen molar-refractivity contribution in [2.45, 2.75) is 52.6 Å². The third kappa shape index (κ3) is 3.63. The van der Waals surface area contributed by atoms with Crippen LogP contribution in [0, 0.1) is 19.8 Å². The van der Waals surface area contributed by atoms with Crippen molar-refractivity contribution in [3.63, 3.8) is 0 Å². The van der Waals surface area contributed by atoms with E-state index in [-0.39, 0.29) is 11.9 Å². The molecule has 0 radical (unpaired) electrons. The maximum absolute atomic E-state index is 12.9. The predicted molar refractivity (Wildman–Crippen MR) is 88.9 cm³/mol. The summed E-state index contributed by atoms with van der Waals surface area (Å²) in [6, 6.07) is 10.5. The summed E-state index contributed by atoms with van der Waals surface area (Å²) >= 11 is 0. The zero-order chi connectivity index (χ0) is 16.4. The van der Waals surface area contributed by atoms with Gasteiger partial charge in [0.1, 0.15) is 5.76 Å². The number of carbonyl (C=O) groups excluding carboxylic acids is 1. The molecule has 1 fully saturated rings. The fraction of sp³-hybridized carbons (Fsp3) is 0.474. The zero-order valence-electron chi connectivity index (χ0n) is 14.1. The van der Waals surface area contributed by atoms with Crippen LogP contribution in [-0.4, -0.2) is 22.0 Å². The molecule has 1 aliphatic rings. The molecule has 1 aromatic carbocycles. The van der Waals surface area contributed by atoms with Crippen molar-refractivity contribution in [2.24, 2.45) is 5.92 Å². The van der Waals surface area contributed by atoms with Crippen molar-refractivity contribution >= 4 is 5.91 Å². The number of hydrogen-bond acceptors (Lipinski definition) is 3. The number of carbonyl (C=O) groups is 1. The SMILES string of the molecule is Cc1noc(C)c1CC(=O)N(Cc1ccccc1)C(C)C1CC1. The van der Waals surface area contributed by atoms with Crippen LogP contribution in [0.4, 0.5) is 0 Å². The average molecular weight is 312 g/mol. The summed E-state index contributed by atoms with van der Waals surface area (Å²) < 4.78 is 5.19. The smallest absolute Gasteiger partial charge is 0.227 e. The Morgan fingerprint density at radius 3 is 2.57 bits per heavy atom. The predicted octanol–water partition coefficient (Wildman–Crippen LogP) is 3.66. The van der Waals surface area contributed by atoms with Crippen molar-refractivity contribution in [3.8, 4) is 0 Å². The van der Waals surface area contributed by atoms with E-state index in [1.54, 1.807) is 0 Å². The normalized spacial score (nSPS) is 15.4. The third-order valence-electron chi connectivity index (χ3n) is 4.82. The zero-order valence-corrected chi connectivity index (χ0v) is 14.1. The molecule has 0 saturated heterocycles. The molecule has 1 atom stereocenters. The highest BCUT2D eigenvalue weighted by Gasteiger charge is 2.34. The molecule has 4 heteroatoms. The quantitative estimate of drug-likeness (QED) is 0.817. The van der Waals surface area contributed by atoms with Gasteiger partial charge >= 0.3 is 0 Å². The van der Waals surface area contributed by atoms with Crippen LogP contribution in [0.3, 0.4) is 0 Å². The third-order valence-corrected chi connectivity index (χ3v) is 4.82. The molecule has 0 spiro atoms. The van der Waals surface area contributed by atoms with E-state index in [0.717, 1.165) is 17.0 Å². The summed E-state index contributed by atoms with van der Waals surface area (Å²) in [6.45, 7) is 6.60. The number of benzene rings is 1. The lowest BCUT2D eigenvalue weighted by Crippen LogP contribution is -2.40. The summed E-state index contributed by atoms with van der Waals surface area (Å²) in [5.41, 5.74) is 2.91. The molecule has 1 heterocycles. The number of nitrogens with zero attached hydrogens (tertiary/aromatic N) is 2. The van der Waals surface area contributed by atoms with E-state index in [0.29, 0.717) is 18.9 Å². The van der Waals surface area contributed by atoms with Gasteiger partial charge in [-0.25, -0.2) is 0 Å². The van der Waals surface area contributed by atoms with E-state index in [1.807, 2.05) is 36.9 Å². The summed E-state index contributed by atoms with van der Waals surface area (Å²) in [4.78, 5) is 15.0. The summed E-state index contributed by atoms with van der Waals surface area (Å²) in [6.07, 6.45) is 2.82. The maximum atomic E-state index is 12.9. The monoisotopic (exact) mass is 312 g/mol. The van der Waals surface area contributed by atoms with Gasteiger partial charge in [-0.1, -0.05) is 35.5 Å². The molecule has 3 rings (SSSR count). The van der Waals surface area contributed by atoms with E-state index in [2.05, 4.69) is 24.2 Å². The van der Waals surface area contributed by atoms with Gasteiger partial charge in [-0.3, -0.25) is 4.79 Å². The first-order chi connectivity index (χ1) is 11.1. The fourth-order valence-corrected chi connectivity index (χ4v) is 3.08. The molecule has 1 saturated carbocycles. The highest BCUT2D eigenvalue weighted by atomic mass is 16.5. The standard InChI is InChI=1S/C19H24N2O2/c1-13-18(15(3)23-20-13)11-19(22)21(14(2)17-9-10-17)12-16-7-5-4-6-8-16/h4-8,14,17H,9-12H2,1-3H3. The van der Waals surface area contributed by atoms with Gasteiger partial charge in [0.05, 0.1) is 12.1 Å². The summed E-state index contributed by atoms with van der Waals surface area (Å²) in [7, 11) is 0. The molecule has 0 bridgehead atoms. The number of aromatic nitrogens is 1. The van der Waals surface area contributed by atoms with Crippen molar-refractivity contribution in [3.05, 3.63) is 52.9 Å². The van der Waals surface area contributed by atoms with Gasteiger partial charge in [0.25, 0.3) is 0 Å². The van der Waals surface area contributed by atoms with Gasteiger partial charge in [0.2, 0.25) is 5.91 Å². The van der Waals surface area contributed by atoms with E-state index in [1.165, 1.54) is 18.4 Å². The van der Waals surface area contributed by atoms with Gasteiger partial charge in [0.15, 0.2) is 0 Å². The van der Waals surface area contributed by atoms with Crippen molar-refractivity contribution < 1.29 is 9.32 Å². The average Bonchev–Trinajstić information content (AvgIpc) is 3.35. The van der Waals surface area contributed by atoms with Crippen LogP contribution in [0.2, 0.25) is 0 Å². The molecule has 2 aromatic rings. The van der Waals surface area contributed by atoms with E-state index < -0.39 is 0 Å². The van der Waals surface area contributed by atoms with Crippen LogP contribution in [0.5, 0.6) is 0 Å². The Hall–Kier alpha value is -2.10. The summed E-state index contributed by atoms with van der Waals surface area (Å²) in [5.74, 6) is 1.55. The van der Waals surface area contributed by atoms with E-state index in [9.17, 15) is 4.79 Å². The van der Waals surface area contributed by atoms with Crippen LogP contribution in [0.15, 0.2) is 34.9 Å². The highest BCUT2D eigenvalue weighted by molar-refractivity contribution is 5.79. The largest absolute Gasteiger partial charge is 0.361 e. The Morgan fingerprint density at radius 1 is 1.30 bits per heavy atom. The highest BCUT2D eigenvalue weighted by Crippen LogP contribution is 2.36. The molecule has 4 nitrogen and oxygen atoms in total. The molecule has 1 unspecified atom stereocenters. The number of rotatable bonds is 6. The Morgan fingerprint density at radius 2 is 2.00 bits per heavy atom. The lowest BCUT2D eigenvalue weighted by molar-refractivity contribution is -0.133. The maximum Gasteiger partial charge on any atom is 0.227 e. The Labute approximate surface area is 137 Å². The Kier molecular flexibility index (Phi) is 4.51. The van der Waals surface area contributed by atoms with Crippen molar-refractivity contribution in [2.75, 3.05) is 0 Å². The van der Waals surface area contributed by atoms with Crippen molar-refractivity contribution in [1.82, 2.24) is 10.1 Å². The topological polar surface area (TPSA) is 46.3 Å². The van der Waals surface area contributed by atoms with Crippen molar-refractivity contribution in [1.29, 1.82) is 0 Å². The number of hydrogen-bond donors (Lipinski definition) is 0. The Bertz CT molecular complexity index is 654. The lowest BCUT2D eigenvalue weighted by Gasteiger charge is -2.30. The van der Waals surface area contributed by atoms with Crippen LogP contribution >= 0.6 is 0 Å².